The fourth-order valence-electron chi connectivity index (χ4n) is 2.36. The maximum atomic E-state index is 8.92. The van der Waals surface area contributed by atoms with E-state index in [0.717, 1.165) is 31.0 Å². The van der Waals surface area contributed by atoms with E-state index in [1.165, 1.54) is 12.8 Å². The van der Waals surface area contributed by atoms with Crippen LogP contribution in [0, 0.1) is 17.2 Å². The molecule has 19 heavy (non-hydrogen) atoms. The first-order chi connectivity index (χ1) is 9.33. The highest BCUT2D eigenvalue weighted by molar-refractivity contribution is 5.41. The van der Waals surface area contributed by atoms with E-state index in [2.05, 4.69) is 11.4 Å². The standard InChI is InChI=1S/C15H20N2O2/c1-18-15-5-4-12(8-16)7-14(15)11-19-10-13-3-2-6-17-9-13/h4-5,7,13,17H,2-3,6,9-11H2,1H3. The summed E-state index contributed by atoms with van der Waals surface area (Å²) in [4.78, 5) is 0. The Morgan fingerprint density at radius 1 is 1.47 bits per heavy atom. The van der Waals surface area contributed by atoms with Gasteiger partial charge in [0.15, 0.2) is 0 Å². The van der Waals surface area contributed by atoms with Crippen molar-refractivity contribution in [3.8, 4) is 11.8 Å². The highest BCUT2D eigenvalue weighted by Gasteiger charge is 2.13. The van der Waals surface area contributed by atoms with Crippen LogP contribution in [0.4, 0.5) is 0 Å². The van der Waals surface area contributed by atoms with Crippen LogP contribution in [-0.4, -0.2) is 26.8 Å². The minimum atomic E-state index is 0.495. The zero-order valence-corrected chi connectivity index (χ0v) is 11.3. The number of nitrogens with one attached hydrogen (secondary N) is 1. The van der Waals surface area contributed by atoms with Crippen LogP contribution in [-0.2, 0) is 11.3 Å². The van der Waals surface area contributed by atoms with Gasteiger partial charge >= 0.3 is 0 Å². The summed E-state index contributed by atoms with van der Waals surface area (Å²) in [6.45, 7) is 3.41. The number of rotatable bonds is 5. The van der Waals surface area contributed by atoms with E-state index < -0.39 is 0 Å². The van der Waals surface area contributed by atoms with Crippen molar-refractivity contribution in [2.75, 3.05) is 26.8 Å². The molecular formula is C15H20N2O2. The second-order valence-electron chi connectivity index (χ2n) is 4.87. The lowest BCUT2D eigenvalue weighted by molar-refractivity contribution is 0.0770. The molecule has 1 aromatic carbocycles. The van der Waals surface area contributed by atoms with Gasteiger partial charge in [-0.3, -0.25) is 0 Å². The normalized spacial score (nSPS) is 18.8. The van der Waals surface area contributed by atoms with Crippen LogP contribution in [0.2, 0.25) is 0 Å². The second kappa shape index (κ2) is 7.13. The summed E-state index contributed by atoms with van der Waals surface area (Å²) in [5.41, 5.74) is 1.57. The molecule has 1 aliphatic heterocycles. The zero-order valence-electron chi connectivity index (χ0n) is 11.3. The van der Waals surface area contributed by atoms with Crippen molar-refractivity contribution in [3.63, 3.8) is 0 Å². The fraction of sp³-hybridized carbons (Fsp3) is 0.533. The number of benzene rings is 1. The van der Waals surface area contributed by atoms with Gasteiger partial charge in [0.2, 0.25) is 0 Å². The highest BCUT2D eigenvalue weighted by Crippen LogP contribution is 2.21. The van der Waals surface area contributed by atoms with Gasteiger partial charge in [-0.05, 0) is 43.5 Å². The number of nitriles is 1. The highest BCUT2D eigenvalue weighted by atomic mass is 16.5. The third-order valence-electron chi connectivity index (χ3n) is 3.42. The first-order valence-corrected chi connectivity index (χ1v) is 6.69. The molecule has 4 heteroatoms. The van der Waals surface area contributed by atoms with Gasteiger partial charge in [0.1, 0.15) is 5.75 Å². The molecule has 1 aliphatic rings. The monoisotopic (exact) mass is 260 g/mol. The predicted molar refractivity (Wildman–Crippen MR) is 73.0 cm³/mol. The maximum absolute atomic E-state index is 8.92. The summed E-state index contributed by atoms with van der Waals surface area (Å²) < 4.78 is 11.1. The molecule has 0 amide bonds. The quantitative estimate of drug-likeness (QED) is 0.880. The molecule has 1 N–H and O–H groups in total. The molecule has 1 saturated heterocycles. The van der Waals surface area contributed by atoms with Gasteiger partial charge in [-0.15, -0.1) is 0 Å². The average Bonchev–Trinajstić information content (AvgIpc) is 2.48. The summed E-state index contributed by atoms with van der Waals surface area (Å²) >= 11 is 0. The SMILES string of the molecule is COc1ccc(C#N)cc1COCC1CCCNC1. The zero-order chi connectivity index (χ0) is 13.5. The Hall–Kier alpha value is -1.57. The summed E-state index contributed by atoms with van der Waals surface area (Å²) in [5.74, 6) is 1.37. The number of methoxy groups -OCH3 is 1. The molecule has 4 nitrogen and oxygen atoms in total. The molecule has 1 heterocycles. The molecule has 0 spiro atoms. The molecule has 0 radical (unpaired) electrons. The Morgan fingerprint density at radius 2 is 2.37 bits per heavy atom. The minimum Gasteiger partial charge on any atom is -0.496 e. The number of nitrogens with zero attached hydrogens (tertiary/aromatic N) is 1. The Bertz CT molecular complexity index is 448. The van der Waals surface area contributed by atoms with Gasteiger partial charge in [0.25, 0.3) is 0 Å². The minimum absolute atomic E-state index is 0.495. The van der Waals surface area contributed by atoms with Crippen LogP contribution in [0.5, 0.6) is 5.75 Å². The van der Waals surface area contributed by atoms with Crippen LogP contribution < -0.4 is 10.1 Å². The van der Waals surface area contributed by atoms with Crippen molar-refractivity contribution in [1.82, 2.24) is 5.32 Å². The lowest BCUT2D eigenvalue weighted by Crippen LogP contribution is -2.32. The number of ether oxygens (including phenoxy) is 2. The topological polar surface area (TPSA) is 54.3 Å². The molecule has 102 valence electrons. The van der Waals surface area contributed by atoms with Crippen LogP contribution in [0.1, 0.15) is 24.0 Å². The maximum Gasteiger partial charge on any atom is 0.124 e. The van der Waals surface area contributed by atoms with Crippen LogP contribution >= 0.6 is 0 Å². The summed E-state index contributed by atoms with van der Waals surface area (Å²) in [5, 5.41) is 12.3. The van der Waals surface area contributed by atoms with Crippen molar-refractivity contribution >= 4 is 0 Å². The van der Waals surface area contributed by atoms with Crippen molar-refractivity contribution in [2.45, 2.75) is 19.4 Å². The third-order valence-corrected chi connectivity index (χ3v) is 3.42. The summed E-state index contributed by atoms with van der Waals surface area (Å²) in [7, 11) is 1.63. The van der Waals surface area contributed by atoms with Gasteiger partial charge in [0, 0.05) is 12.1 Å². The van der Waals surface area contributed by atoms with Crippen molar-refractivity contribution < 1.29 is 9.47 Å². The molecular weight excluding hydrogens is 240 g/mol. The molecule has 0 aromatic heterocycles. The molecule has 1 atom stereocenters. The fourth-order valence-corrected chi connectivity index (χ4v) is 2.36. The van der Waals surface area contributed by atoms with Crippen LogP contribution in [0.25, 0.3) is 0 Å². The van der Waals surface area contributed by atoms with Gasteiger partial charge in [-0.2, -0.15) is 5.26 Å². The van der Waals surface area contributed by atoms with Crippen molar-refractivity contribution in [3.05, 3.63) is 29.3 Å². The Kier molecular flexibility index (Phi) is 5.20. The number of hydrogen-bond acceptors (Lipinski definition) is 4. The van der Waals surface area contributed by atoms with Gasteiger partial charge < -0.3 is 14.8 Å². The first kappa shape index (κ1) is 13.9. The van der Waals surface area contributed by atoms with Gasteiger partial charge in [0.05, 0.1) is 32.0 Å². The van der Waals surface area contributed by atoms with E-state index in [4.69, 9.17) is 14.7 Å². The van der Waals surface area contributed by atoms with Gasteiger partial charge in [-0.25, -0.2) is 0 Å². The first-order valence-electron chi connectivity index (χ1n) is 6.69. The number of hydrogen-bond donors (Lipinski definition) is 1. The summed E-state index contributed by atoms with van der Waals surface area (Å²) in [6, 6.07) is 7.54. The van der Waals surface area contributed by atoms with Crippen molar-refractivity contribution in [2.24, 2.45) is 5.92 Å². The molecule has 0 saturated carbocycles. The Morgan fingerprint density at radius 3 is 3.05 bits per heavy atom. The van der Waals surface area contributed by atoms with E-state index in [9.17, 15) is 0 Å². The lowest BCUT2D eigenvalue weighted by Gasteiger charge is -2.22. The third kappa shape index (κ3) is 3.95. The Labute approximate surface area is 114 Å². The summed E-state index contributed by atoms with van der Waals surface area (Å²) in [6.07, 6.45) is 2.45. The van der Waals surface area contributed by atoms with E-state index in [1.54, 1.807) is 13.2 Å². The molecule has 2 rings (SSSR count). The second-order valence-corrected chi connectivity index (χ2v) is 4.87. The molecule has 1 unspecified atom stereocenters. The molecule has 0 bridgehead atoms. The van der Waals surface area contributed by atoms with Crippen LogP contribution in [0.3, 0.4) is 0 Å². The Balaban J connectivity index is 1.89. The molecule has 1 aromatic rings. The van der Waals surface area contributed by atoms with Gasteiger partial charge in [-0.1, -0.05) is 0 Å². The smallest absolute Gasteiger partial charge is 0.124 e. The van der Waals surface area contributed by atoms with E-state index in [0.29, 0.717) is 18.1 Å². The largest absolute Gasteiger partial charge is 0.496 e. The van der Waals surface area contributed by atoms with Crippen molar-refractivity contribution in [1.29, 1.82) is 5.26 Å². The van der Waals surface area contributed by atoms with E-state index in [1.807, 2.05) is 12.1 Å². The predicted octanol–water partition coefficient (Wildman–Crippen LogP) is 2.08. The van der Waals surface area contributed by atoms with Crippen LogP contribution in [0.15, 0.2) is 18.2 Å². The molecule has 1 fully saturated rings. The molecule has 0 aliphatic carbocycles. The average molecular weight is 260 g/mol. The lowest BCUT2D eigenvalue weighted by atomic mass is 10.0. The van der Waals surface area contributed by atoms with E-state index >= 15 is 0 Å². The van der Waals surface area contributed by atoms with E-state index in [-0.39, 0.29) is 0 Å². The number of piperidine rings is 1.